The maximum Gasteiger partial charge on any atom is 0.197 e. The molecule has 0 amide bonds. The van der Waals surface area contributed by atoms with E-state index in [0.717, 1.165) is 19.0 Å². The third-order valence-corrected chi connectivity index (χ3v) is 2.87. The molecule has 0 unspecified atom stereocenters. The van der Waals surface area contributed by atoms with Gasteiger partial charge in [0, 0.05) is 6.20 Å². The summed E-state index contributed by atoms with van der Waals surface area (Å²) in [5.41, 5.74) is -1.42. The summed E-state index contributed by atoms with van der Waals surface area (Å²) in [5, 5.41) is 10.0. The lowest BCUT2D eigenvalue weighted by molar-refractivity contribution is 0.0348. The number of nitrogens with zero attached hydrogens (tertiary/aromatic N) is 1. The normalized spacial score (nSPS) is 19.1. The van der Waals surface area contributed by atoms with Crippen molar-refractivity contribution >= 4 is 5.78 Å². The van der Waals surface area contributed by atoms with E-state index in [1.807, 2.05) is 0 Å². The molecule has 1 heterocycles. The molecule has 0 saturated heterocycles. The van der Waals surface area contributed by atoms with Crippen molar-refractivity contribution in [2.45, 2.75) is 31.3 Å². The number of hydrogen-bond donors (Lipinski definition) is 1. The smallest absolute Gasteiger partial charge is 0.197 e. The average Bonchev–Trinajstić information content (AvgIpc) is 2.66. The third-order valence-electron chi connectivity index (χ3n) is 2.87. The second-order valence-electron chi connectivity index (χ2n) is 3.92. The summed E-state index contributed by atoms with van der Waals surface area (Å²) in [5.74, 6) is -1.18. The molecular formula is C11H12FNO2. The first-order valence-corrected chi connectivity index (χ1v) is 5.00. The number of aliphatic hydroxyl groups is 1. The zero-order chi connectivity index (χ0) is 10.9. The van der Waals surface area contributed by atoms with Crippen molar-refractivity contribution < 1.29 is 14.3 Å². The number of carbonyl (C=O) groups is 1. The molecular weight excluding hydrogens is 197 g/mol. The molecule has 0 aromatic carbocycles. The van der Waals surface area contributed by atoms with E-state index in [9.17, 15) is 14.3 Å². The van der Waals surface area contributed by atoms with E-state index in [-0.39, 0.29) is 5.56 Å². The maximum atomic E-state index is 13.3. The Kier molecular flexibility index (Phi) is 2.52. The summed E-state index contributed by atoms with van der Waals surface area (Å²) in [6, 6.07) is 1.31. The third kappa shape index (κ3) is 1.77. The number of pyridine rings is 1. The molecule has 1 aromatic heterocycles. The van der Waals surface area contributed by atoms with Crippen molar-refractivity contribution in [2.24, 2.45) is 0 Å². The van der Waals surface area contributed by atoms with Crippen LogP contribution >= 0.6 is 0 Å². The lowest BCUT2D eigenvalue weighted by atomic mass is 9.92. The number of Topliss-reactive ketones (excluding diaryl/α,β-unsaturated/α-hetero) is 1. The van der Waals surface area contributed by atoms with Crippen molar-refractivity contribution in [3.8, 4) is 0 Å². The monoisotopic (exact) mass is 209 g/mol. The van der Waals surface area contributed by atoms with E-state index in [4.69, 9.17) is 0 Å². The van der Waals surface area contributed by atoms with Crippen molar-refractivity contribution in [3.63, 3.8) is 0 Å². The van der Waals surface area contributed by atoms with Crippen molar-refractivity contribution in [3.05, 3.63) is 29.8 Å². The summed E-state index contributed by atoms with van der Waals surface area (Å²) in [6.07, 6.45) is 4.82. The Labute approximate surface area is 87.0 Å². The Morgan fingerprint density at radius 1 is 1.47 bits per heavy atom. The first-order valence-electron chi connectivity index (χ1n) is 5.00. The van der Waals surface area contributed by atoms with Gasteiger partial charge in [-0.3, -0.25) is 9.78 Å². The molecule has 0 bridgehead atoms. The van der Waals surface area contributed by atoms with Gasteiger partial charge >= 0.3 is 0 Å². The van der Waals surface area contributed by atoms with Crippen LogP contribution in [0.2, 0.25) is 0 Å². The van der Waals surface area contributed by atoms with E-state index in [1.165, 1.54) is 12.3 Å². The Hall–Kier alpha value is -1.29. The van der Waals surface area contributed by atoms with E-state index < -0.39 is 17.2 Å². The van der Waals surface area contributed by atoms with Crippen molar-refractivity contribution in [1.82, 2.24) is 4.98 Å². The molecule has 1 aromatic rings. The van der Waals surface area contributed by atoms with Crippen LogP contribution in [0.1, 0.15) is 36.0 Å². The van der Waals surface area contributed by atoms with Crippen LogP contribution < -0.4 is 0 Å². The molecule has 0 spiro atoms. The van der Waals surface area contributed by atoms with Gasteiger partial charge in [0.05, 0.1) is 11.8 Å². The lowest BCUT2D eigenvalue weighted by Crippen LogP contribution is -2.35. The number of halogens is 1. The van der Waals surface area contributed by atoms with Gasteiger partial charge < -0.3 is 5.11 Å². The molecule has 3 nitrogen and oxygen atoms in total. The number of carbonyl (C=O) groups excluding carboxylic acids is 1. The van der Waals surface area contributed by atoms with Crippen LogP contribution in [-0.2, 0) is 0 Å². The quantitative estimate of drug-likeness (QED) is 0.754. The highest BCUT2D eigenvalue weighted by Gasteiger charge is 2.40. The largest absolute Gasteiger partial charge is 0.382 e. The minimum atomic E-state index is -1.36. The SMILES string of the molecule is O=C(c1ccncc1F)C1(O)CCCC1. The van der Waals surface area contributed by atoms with Crippen LogP contribution in [0.5, 0.6) is 0 Å². The molecule has 0 radical (unpaired) electrons. The van der Waals surface area contributed by atoms with Crippen LogP contribution in [0.15, 0.2) is 18.5 Å². The van der Waals surface area contributed by atoms with Gasteiger partial charge in [-0.05, 0) is 31.7 Å². The van der Waals surface area contributed by atoms with Crippen LogP contribution in [0, 0.1) is 5.82 Å². The van der Waals surface area contributed by atoms with Gasteiger partial charge in [0.1, 0.15) is 5.60 Å². The minimum absolute atomic E-state index is 0.0607. The standard InChI is InChI=1S/C11H12FNO2/c12-9-7-13-6-3-8(9)10(14)11(15)4-1-2-5-11/h3,6-7,15H,1-2,4-5H2. The zero-order valence-corrected chi connectivity index (χ0v) is 8.24. The molecule has 1 fully saturated rings. The molecule has 80 valence electrons. The summed E-state index contributed by atoms with van der Waals surface area (Å²) < 4.78 is 13.3. The van der Waals surface area contributed by atoms with Crippen LogP contribution in [0.25, 0.3) is 0 Å². The molecule has 0 atom stereocenters. The van der Waals surface area contributed by atoms with E-state index >= 15 is 0 Å². The van der Waals surface area contributed by atoms with Crippen molar-refractivity contribution in [2.75, 3.05) is 0 Å². The fourth-order valence-electron chi connectivity index (χ4n) is 2.00. The van der Waals surface area contributed by atoms with Crippen LogP contribution in [0.3, 0.4) is 0 Å². The number of ketones is 1. The van der Waals surface area contributed by atoms with E-state index in [0.29, 0.717) is 12.8 Å². The van der Waals surface area contributed by atoms with Gasteiger partial charge in [-0.25, -0.2) is 4.39 Å². The zero-order valence-electron chi connectivity index (χ0n) is 8.24. The van der Waals surface area contributed by atoms with Crippen LogP contribution in [0.4, 0.5) is 4.39 Å². The second-order valence-corrected chi connectivity index (χ2v) is 3.92. The van der Waals surface area contributed by atoms with Gasteiger partial charge in [-0.1, -0.05) is 0 Å². The van der Waals surface area contributed by atoms with Crippen molar-refractivity contribution in [1.29, 1.82) is 0 Å². The summed E-state index contributed by atoms with van der Waals surface area (Å²) >= 11 is 0. The molecule has 15 heavy (non-hydrogen) atoms. The average molecular weight is 209 g/mol. The summed E-state index contributed by atoms with van der Waals surface area (Å²) in [7, 11) is 0. The Morgan fingerprint density at radius 2 is 2.13 bits per heavy atom. The number of rotatable bonds is 2. The summed E-state index contributed by atoms with van der Waals surface area (Å²) in [6.45, 7) is 0. The molecule has 1 aliphatic carbocycles. The van der Waals surface area contributed by atoms with Gasteiger partial charge in [-0.15, -0.1) is 0 Å². The molecule has 1 N–H and O–H groups in total. The lowest BCUT2D eigenvalue weighted by Gasteiger charge is -2.20. The van der Waals surface area contributed by atoms with Gasteiger partial charge in [0.2, 0.25) is 0 Å². The maximum absolute atomic E-state index is 13.3. The molecule has 0 aliphatic heterocycles. The molecule has 1 aliphatic rings. The first kappa shape index (κ1) is 10.2. The fraction of sp³-hybridized carbons (Fsp3) is 0.455. The number of hydrogen-bond acceptors (Lipinski definition) is 3. The second kappa shape index (κ2) is 3.70. The predicted molar refractivity (Wildman–Crippen MR) is 51.9 cm³/mol. The Balaban J connectivity index is 2.32. The van der Waals surface area contributed by atoms with Gasteiger partial charge in [-0.2, -0.15) is 0 Å². The van der Waals surface area contributed by atoms with Gasteiger partial charge in [0.15, 0.2) is 11.6 Å². The van der Waals surface area contributed by atoms with Crippen LogP contribution in [-0.4, -0.2) is 21.5 Å². The topological polar surface area (TPSA) is 50.2 Å². The summed E-state index contributed by atoms with van der Waals surface area (Å²) in [4.78, 5) is 15.4. The number of aromatic nitrogens is 1. The predicted octanol–water partition coefficient (Wildman–Crippen LogP) is 1.71. The molecule has 1 saturated carbocycles. The highest BCUT2D eigenvalue weighted by Crippen LogP contribution is 2.32. The fourth-order valence-corrected chi connectivity index (χ4v) is 2.00. The highest BCUT2D eigenvalue weighted by molar-refractivity contribution is 6.02. The molecule has 2 rings (SSSR count). The van der Waals surface area contributed by atoms with E-state index in [2.05, 4.69) is 4.98 Å². The first-order chi connectivity index (χ1) is 7.13. The molecule has 4 heteroatoms. The minimum Gasteiger partial charge on any atom is -0.382 e. The van der Waals surface area contributed by atoms with Gasteiger partial charge in [0.25, 0.3) is 0 Å². The highest BCUT2D eigenvalue weighted by atomic mass is 19.1. The Morgan fingerprint density at radius 3 is 2.73 bits per heavy atom. The van der Waals surface area contributed by atoms with E-state index in [1.54, 1.807) is 0 Å². The Bertz CT molecular complexity index is 386.